The largest absolute Gasteiger partial charge is 0.322 e. The van der Waals surface area contributed by atoms with E-state index in [0.717, 1.165) is 10.5 Å². The van der Waals surface area contributed by atoms with Gasteiger partial charge in [0.1, 0.15) is 6.04 Å². The number of carbonyl (C=O) groups is 2. The number of carbonyl (C=O) groups excluding carboxylic acids is 3. The van der Waals surface area contributed by atoms with Gasteiger partial charge in [-0.05, 0) is 12.5 Å². The molecular weight excluding hydrogens is 256 g/mol. The molecule has 0 unspecified atom stereocenters. The molecule has 5 nitrogen and oxygen atoms in total. The molecule has 0 aliphatic rings. The van der Waals surface area contributed by atoms with E-state index < -0.39 is 17.9 Å². The second-order valence-electron chi connectivity index (χ2n) is 4.38. The quantitative estimate of drug-likeness (QED) is 0.769. The number of nitrogens with zero attached hydrogens (tertiary/aromatic N) is 1. The molecule has 5 heteroatoms. The van der Waals surface area contributed by atoms with E-state index in [9.17, 15) is 14.4 Å². The van der Waals surface area contributed by atoms with Gasteiger partial charge in [-0.2, -0.15) is 0 Å². The minimum Gasteiger partial charge on any atom is -0.322 e. The van der Waals surface area contributed by atoms with Crippen LogP contribution in [0.4, 0.5) is 0 Å². The number of imide groups is 1. The molecule has 0 spiro atoms. The minimum absolute atomic E-state index is 0.167. The van der Waals surface area contributed by atoms with Crippen molar-refractivity contribution in [2.24, 2.45) is 5.73 Å². The third-order valence-electron chi connectivity index (χ3n) is 2.75. The Kier molecular flexibility index (Phi) is 5.80. The normalized spacial score (nSPS) is 11.5. The fourth-order valence-electron chi connectivity index (χ4n) is 1.76. The van der Waals surface area contributed by atoms with Crippen LogP contribution in [0.15, 0.2) is 42.5 Å². The highest BCUT2D eigenvalue weighted by Crippen LogP contribution is 2.11. The van der Waals surface area contributed by atoms with Crippen LogP contribution in [-0.4, -0.2) is 35.6 Å². The van der Waals surface area contributed by atoms with E-state index >= 15 is 0 Å². The molecule has 0 aliphatic heterocycles. The molecule has 1 atom stereocenters. The van der Waals surface area contributed by atoms with Crippen LogP contribution in [0.3, 0.4) is 0 Å². The Morgan fingerprint density at radius 3 is 2.40 bits per heavy atom. The smallest absolute Gasteiger partial charge is 0.256 e. The second-order valence-corrected chi connectivity index (χ2v) is 4.38. The summed E-state index contributed by atoms with van der Waals surface area (Å²) in [5, 5.41) is 0. The molecule has 20 heavy (non-hydrogen) atoms. The van der Waals surface area contributed by atoms with Gasteiger partial charge < -0.3 is 5.73 Å². The van der Waals surface area contributed by atoms with Crippen LogP contribution in [0.2, 0.25) is 0 Å². The average molecular weight is 273 g/mol. The highest BCUT2D eigenvalue weighted by Gasteiger charge is 2.29. The van der Waals surface area contributed by atoms with Crippen molar-refractivity contribution in [3.63, 3.8) is 0 Å². The summed E-state index contributed by atoms with van der Waals surface area (Å²) in [6.45, 7) is 4.62. The van der Waals surface area contributed by atoms with Crippen molar-refractivity contribution in [1.82, 2.24) is 4.90 Å². The molecule has 1 radical (unpaired) electrons. The molecule has 0 saturated carbocycles. The zero-order chi connectivity index (χ0) is 15.1. The monoisotopic (exact) mass is 273 g/mol. The van der Waals surface area contributed by atoms with E-state index in [0.29, 0.717) is 0 Å². The van der Waals surface area contributed by atoms with Crippen LogP contribution < -0.4 is 5.73 Å². The van der Waals surface area contributed by atoms with Gasteiger partial charge in [0, 0.05) is 12.0 Å². The van der Waals surface area contributed by atoms with Gasteiger partial charge in [-0.3, -0.25) is 19.3 Å². The summed E-state index contributed by atoms with van der Waals surface area (Å²) in [5.41, 5.74) is 6.28. The first-order valence-electron chi connectivity index (χ1n) is 6.14. The zero-order valence-electron chi connectivity index (χ0n) is 11.3. The predicted molar refractivity (Wildman–Crippen MR) is 75.3 cm³/mol. The summed E-state index contributed by atoms with van der Waals surface area (Å²) in [4.78, 5) is 35.8. The van der Waals surface area contributed by atoms with Crippen LogP contribution in [-0.2, 0) is 20.8 Å². The summed E-state index contributed by atoms with van der Waals surface area (Å²) < 4.78 is 0. The maximum atomic E-state index is 12.0. The summed E-state index contributed by atoms with van der Waals surface area (Å²) in [6, 6.07) is 8.07. The van der Waals surface area contributed by atoms with Gasteiger partial charge >= 0.3 is 0 Å². The second kappa shape index (κ2) is 7.35. The minimum atomic E-state index is -1.00. The molecule has 1 aromatic rings. The summed E-state index contributed by atoms with van der Waals surface area (Å²) >= 11 is 0. The van der Waals surface area contributed by atoms with Crippen molar-refractivity contribution in [1.29, 1.82) is 0 Å². The Labute approximate surface area is 118 Å². The van der Waals surface area contributed by atoms with Gasteiger partial charge in [-0.15, -0.1) is 0 Å². The van der Waals surface area contributed by atoms with Gasteiger partial charge in [0.2, 0.25) is 12.2 Å². The molecular formula is C15H17N2O3. The number of nitrogens with two attached hydrogens (primary N) is 1. The van der Waals surface area contributed by atoms with Crippen LogP contribution >= 0.6 is 0 Å². The van der Waals surface area contributed by atoms with Crippen molar-refractivity contribution >= 4 is 18.1 Å². The first-order chi connectivity index (χ1) is 9.51. The van der Waals surface area contributed by atoms with Crippen molar-refractivity contribution < 1.29 is 14.4 Å². The third kappa shape index (κ3) is 3.86. The molecule has 0 aromatic heterocycles. The molecule has 0 heterocycles. The molecule has 2 N–H and O–H groups in total. The number of hydrogen-bond donors (Lipinski definition) is 1. The van der Waals surface area contributed by atoms with E-state index in [1.54, 1.807) is 18.4 Å². The van der Waals surface area contributed by atoms with Gasteiger partial charge in [0.05, 0.1) is 6.54 Å². The zero-order valence-corrected chi connectivity index (χ0v) is 11.3. The first kappa shape index (κ1) is 15.8. The lowest BCUT2D eigenvalue weighted by molar-refractivity contribution is -0.142. The van der Waals surface area contributed by atoms with E-state index in [4.69, 9.17) is 5.73 Å². The molecule has 0 saturated heterocycles. The third-order valence-corrected chi connectivity index (χ3v) is 2.75. The van der Waals surface area contributed by atoms with Crippen molar-refractivity contribution in [3.05, 3.63) is 48.0 Å². The fourth-order valence-corrected chi connectivity index (χ4v) is 1.76. The number of hydrogen-bond acceptors (Lipinski definition) is 4. The van der Waals surface area contributed by atoms with E-state index in [1.165, 1.54) is 6.92 Å². The number of rotatable bonds is 6. The van der Waals surface area contributed by atoms with Gasteiger partial charge in [-0.1, -0.05) is 36.9 Å². The molecule has 0 aliphatic carbocycles. The van der Waals surface area contributed by atoms with Gasteiger partial charge in [0.25, 0.3) is 5.91 Å². The molecule has 1 aromatic carbocycles. The van der Waals surface area contributed by atoms with E-state index in [-0.39, 0.29) is 18.5 Å². The Balaban J connectivity index is 3.02. The summed E-state index contributed by atoms with van der Waals surface area (Å²) in [6.07, 6.45) is 1.94. The van der Waals surface area contributed by atoms with E-state index in [1.807, 2.05) is 18.2 Å². The van der Waals surface area contributed by atoms with Crippen LogP contribution in [0.1, 0.15) is 12.5 Å². The van der Waals surface area contributed by atoms with Gasteiger partial charge in [0.15, 0.2) is 0 Å². The predicted octanol–water partition coefficient (Wildman–Crippen LogP) is 0.597. The maximum absolute atomic E-state index is 12.0. The van der Waals surface area contributed by atoms with Crippen molar-refractivity contribution in [2.45, 2.75) is 19.4 Å². The number of benzene rings is 1. The highest BCUT2D eigenvalue weighted by molar-refractivity contribution is 6.05. The lowest BCUT2D eigenvalue weighted by atomic mass is 10.0. The number of amides is 2. The SMILES string of the molecule is C=C(C)C(=O)N(C(=O)CN)[C@H]([C]=O)Cc1ccccc1. The summed E-state index contributed by atoms with van der Waals surface area (Å²) in [7, 11) is 0. The first-order valence-corrected chi connectivity index (χ1v) is 6.14. The van der Waals surface area contributed by atoms with Crippen molar-refractivity contribution in [2.75, 3.05) is 6.54 Å². The lowest BCUT2D eigenvalue weighted by Gasteiger charge is -2.25. The molecule has 2 amide bonds. The van der Waals surface area contributed by atoms with Crippen LogP contribution in [0.25, 0.3) is 0 Å². The summed E-state index contributed by atoms with van der Waals surface area (Å²) in [5.74, 6) is -1.23. The molecule has 0 fully saturated rings. The Morgan fingerprint density at radius 1 is 1.35 bits per heavy atom. The topological polar surface area (TPSA) is 80.5 Å². The Hall–Kier alpha value is -2.27. The fraction of sp³-hybridized carbons (Fsp3) is 0.267. The molecule has 105 valence electrons. The van der Waals surface area contributed by atoms with E-state index in [2.05, 4.69) is 6.58 Å². The Morgan fingerprint density at radius 2 is 1.95 bits per heavy atom. The highest BCUT2D eigenvalue weighted by atomic mass is 16.2. The Bertz CT molecular complexity index is 511. The van der Waals surface area contributed by atoms with Crippen LogP contribution in [0.5, 0.6) is 0 Å². The molecule has 1 rings (SSSR count). The van der Waals surface area contributed by atoms with Gasteiger partial charge in [-0.25, -0.2) is 0 Å². The molecule has 0 bridgehead atoms. The van der Waals surface area contributed by atoms with Crippen molar-refractivity contribution in [3.8, 4) is 0 Å². The van der Waals surface area contributed by atoms with Crippen LogP contribution in [0, 0.1) is 0 Å². The maximum Gasteiger partial charge on any atom is 0.256 e. The standard InChI is InChI=1S/C15H17N2O3/c1-11(2)15(20)17(14(19)9-16)13(10-18)8-12-6-4-3-5-7-12/h3-7,13H,1,8-9,16H2,2H3/t13-/m0/s1. The lowest BCUT2D eigenvalue weighted by Crippen LogP contribution is -2.49. The average Bonchev–Trinajstić information content (AvgIpc) is 2.46.